The molecule has 0 atom stereocenters. The lowest BCUT2D eigenvalue weighted by Crippen LogP contribution is -2.25. The van der Waals surface area contributed by atoms with Gasteiger partial charge < -0.3 is 4.42 Å². The number of hydrogen-bond acceptors (Lipinski definition) is 5. The van der Waals surface area contributed by atoms with Crippen molar-refractivity contribution in [3.8, 4) is 78.7 Å². The van der Waals surface area contributed by atoms with Crippen molar-refractivity contribution in [1.29, 1.82) is 0 Å². The van der Waals surface area contributed by atoms with Crippen LogP contribution in [0.3, 0.4) is 0 Å². The molecule has 320 valence electrons. The summed E-state index contributed by atoms with van der Waals surface area (Å²) < 4.78 is 9.11. The van der Waals surface area contributed by atoms with Crippen LogP contribution in [0.5, 0.6) is 0 Å². The number of fused-ring (bicyclic) bond motifs is 16. The van der Waals surface area contributed by atoms with Crippen LogP contribution in [0, 0.1) is 0 Å². The number of benzene rings is 10. The minimum atomic E-state index is -0.397. The third kappa shape index (κ3) is 5.59. The van der Waals surface area contributed by atoms with Gasteiger partial charge in [0.1, 0.15) is 11.2 Å². The summed E-state index contributed by atoms with van der Waals surface area (Å²) in [6.45, 7) is 0. The summed E-state index contributed by atoms with van der Waals surface area (Å²) in [5.41, 5.74) is 19.1. The number of aromatic nitrogens is 3. The second-order valence-corrected chi connectivity index (χ2v) is 19.3. The summed E-state index contributed by atoms with van der Waals surface area (Å²) in [6, 6.07) is 81.0. The van der Waals surface area contributed by atoms with Gasteiger partial charge in [0.05, 0.1) is 5.41 Å². The largest absolute Gasteiger partial charge is 0.456 e. The molecule has 1 spiro atoms. The van der Waals surface area contributed by atoms with Gasteiger partial charge in [-0.1, -0.05) is 170 Å². The highest BCUT2D eigenvalue weighted by atomic mass is 32.1. The first kappa shape index (κ1) is 38.3. The van der Waals surface area contributed by atoms with Gasteiger partial charge in [-0.25, -0.2) is 15.0 Å². The molecule has 0 saturated carbocycles. The minimum absolute atomic E-state index is 0.397. The zero-order valence-corrected chi connectivity index (χ0v) is 37.8. The van der Waals surface area contributed by atoms with Crippen molar-refractivity contribution < 1.29 is 4.42 Å². The summed E-state index contributed by atoms with van der Waals surface area (Å²) in [6.07, 6.45) is 0. The van der Waals surface area contributed by atoms with Gasteiger partial charge in [-0.3, -0.25) is 0 Å². The predicted molar refractivity (Wildman–Crippen MR) is 283 cm³/mol. The molecule has 0 radical (unpaired) electrons. The predicted octanol–water partition coefficient (Wildman–Crippen LogP) is 16.8. The van der Waals surface area contributed by atoms with E-state index in [0.717, 1.165) is 49.8 Å². The van der Waals surface area contributed by atoms with Gasteiger partial charge in [0.2, 0.25) is 0 Å². The van der Waals surface area contributed by atoms with Crippen molar-refractivity contribution in [1.82, 2.24) is 15.0 Å². The Bertz CT molecular complexity index is 4210. The van der Waals surface area contributed by atoms with Crippen LogP contribution in [0.4, 0.5) is 0 Å². The van der Waals surface area contributed by atoms with Crippen molar-refractivity contribution in [3.63, 3.8) is 0 Å². The quantitative estimate of drug-likeness (QED) is 0.173. The van der Waals surface area contributed by atoms with Crippen LogP contribution in [0.15, 0.2) is 229 Å². The molecule has 0 bridgehead atoms. The Morgan fingerprint density at radius 3 is 1.58 bits per heavy atom. The van der Waals surface area contributed by atoms with Crippen LogP contribution < -0.4 is 0 Å². The summed E-state index contributed by atoms with van der Waals surface area (Å²) >= 11 is 1.81. The molecular weight excluding hydrogens is 859 g/mol. The third-order valence-electron chi connectivity index (χ3n) is 14.6. The van der Waals surface area contributed by atoms with E-state index in [1.165, 1.54) is 75.8 Å². The Morgan fingerprint density at radius 1 is 0.304 bits per heavy atom. The Morgan fingerprint density at radius 2 is 0.826 bits per heavy atom. The second-order valence-electron chi connectivity index (χ2n) is 18.2. The first-order valence-electron chi connectivity index (χ1n) is 23.4. The molecule has 3 heterocycles. The highest BCUT2D eigenvalue weighted by Crippen LogP contribution is 2.63. The summed E-state index contributed by atoms with van der Waals surface area (Å²) in [5, 5.41) is 4.42. The van der Waals surface area contributed by atoms with E-state index >= 15 is 0 Å². The molecule has 2 aliphatic carbocycles. The van der Waals surface area contributed by atoms with E-state index in [-0.39, 0.29) is 0 Å². The van der Waals surface area contributed by atoms with Crippen LogP contribution >= 0.6 is 11.3 Å². The van der Waals surface area contributed by atoms with Gasteiger partial charge in [-0.15, -0.1) is 11.3 Å². The summed E-state index contributed by atoms with van der Waals surface area (Å²) in [7, 11) is 0. The Labute approximate surface area is 401 Å². The maximum atomic E-state index is 6.60. The van der Waals surface area contributed by atoms with Gasteiger partial charge in [-0.2, -0.15) is 0 Å². The molecule has 5 heteroatoms. The Kier molecular flexibility index (Phi) is 8.12. The van der Waals surface area contributed by atoms with Gasteiger partial charge in [-0.05, 0) is 121 Å². The zero-order valence-electron chi connectivity index (χ0n) is 37.0. The average molecular weight is 896 g/mol. The number of rotatable bonds is 5. The van der Waals surface area contributed by atoms with Gasteiger partial charge in [0.15, 0.2) is 17.5 Å². The highest BCUT2D eigenvalue weighted by Gasteiger charge is 2.51. The Hall–Kier alpha value is -8.77. The van der Waals surface area contributed by atoms with Crippen LogP contribution in [0.25, 0.3) is 121 Å². The molecule has 0 saturated heterocycles. The van der Waals surface area contributed by atoms with Crippen LogP contribution in [-0.2, 0) is 5.41 Å². The third-order valence-corrected chi connectivity index (χ3v) is 15.7. The van der Waals surface area contributed by atoms with Gasteiger partial charge in [0.25, 0.3) is 0 Å². The van der Waals surface area contributed by atoms with Crippen molar-refractivity contribution in [2.75, 3.05) is 0 Å². The maximum Gasteiger partial charge on any atom is 0.164 e. The highest BCUT2D eigenvalue weighted by molar-refractivity contribution is 7.25. The van der Waals surface area contributed by atoms with Crippen molar-refractivity contribution in [2.45, 2.75) is 5.41 Å². The molecule has 4 nitrogen and oxygen atoms in total. The fourth-order valence-corrected chi connectivity index (χ4v) is 12.6. The lowest BCUT2D eigenvalue weighted by molar-refractivity contribution is 0.669. The number of nitrogens with zero attached hydrogens (tertiary/aromatic N) is 3. The van der Waals surface area contributed by atoms with Gasteiger partial charge >= 0.3 is 0 Å². The number of hydrogen-bond donors (Lipinski definition) is 0. The molecule has 3 aromatic heterocycles. The molecule has 10 aromatic carbocycles. The van der Waals surface area contributed by atoms with E-state index in [9.17, 15) is 0 Å². The molecule has 13 aromatic rings. The van der Waals surface area contributed by atoms with Crippen molar-refractivity contribution in [3.05, 3.63) is 247 Å². The van der Waals surface area contributed by atoms with Gasteiger partial charge in [0, 0.05) is 47.6 Å². The fourth-order valence-electron chi connectivity index (χ4n) is 11.6. The van der Waals surface area contributed by atoms with E-state index < -0.39 is 5.41 Å². The minimum Gasteiger partial charge on any atom is -0.456 e. The topological polar surface area (TPSA) is 51.8 Å². The molecule has 0 unspecified atom stereocenters. The maximum absolute atomic E-state index is 6.60. The monoisotopic (exact) mass is 895 g/mol. The normalized spacial score (nSPS) is 13.0. The second kappa shape index (κ2) is 14.6. The molecule has 69 heavy (non-hydrogen) atoms. The molecule has 0 fully saturated rings. The molecule has 2 aliphatic rings. The van der Waals surface area contributed by atoms with Crippen molar-refractivity contribution in [2.24, 2.45) is 0 Å². The SMILES string of the molecule is c1ccc(-c2nc(-c3ccc4sc5ccccc5c4c3)nc(-c3cccc4oc5ccc(-c6cccc(-c7ccc8c(c7)C7(c9ccccc9-c9ccccc97)c7ccccc7-8)c6)cc5c34)n2)cc1. The van der Waals surface area contributed by atoms with E-state index in [1.807, 2.05) is 30.3 Å². The lowest BCUT2D eigenvalue weighted by Gasteiger charge is -2.30. The average Bonchev–Trinajstić information content (AvgIpc) is 4.16. The van der Waals surface area contributed by atoms with Crippen LogP contribution in [0.1, 0.15) is 22.3 Å². The molecule has 0 aliphatic heterocycles. The number of thiophene rings is 1. The van der Waals surface area contributed by atoms with Crippen LogP contribution in [0.2, 0.25) is 0 Å². The standard InChI is InChI=1S/C64H37N3OS/c1-2-14-38(15-3-1)61-65-62(43-30-33-59-50(36-43)48-21-7-11-27-58(48)69-59)67-63(66-61)49-22-13-26-57-60(49)51-35-41(29-32-56(51)68-57)39-16-12-17-40(34-39)42-28-31-47-46-20-6-10-25-54(46)64(55(47)37-42)52-23-8-4-18-44(52)45-19-5-9-24-53(45)64/h1-37H. The number of furan rings is 1. The molecule has 0 amide bonds. The van der Waals surface area contributed by atoms with Crippen molar-refractivity contribution >= 4 is 53.4 Å². The summed E-state index contributed by atoms with van der Waals surface area (Å²) in [5.74, 6) is 1.84. The van der Waals surface area contributed by atoms with E-state index in [1.54, 1.807) is 11.3 Å². The first-order valence-corrected chi connectivity index (χ1v) is 24.2. The van der Waals surface area contributed by atoms with E-state index in [0.29, 0.717) is 17.5 Å². The fraction of sp³-hybridized carbons (Fsp3) is 0.0156. The van der Waals surface area contributed by atoms with E-state index in [4.69, 9.17) is 19.4 Å². The first-order chi connectivity index (χ1) is 34.2. The molecule has 0 N–H and O–H groups in total. The van der Waals surface area contributed by atoms with E-state index in [2.05, 4.69) is 194 Å². The van der Waals surface area contributed by atoms with Crippen LogP contribution in [-0.4, -0.2) is 15.0 Å². The Balaban J connectivity index is 0.864. The molecule has 15 rings (SSSR count). The lowest BCUT2D eigenvalue weighted by atomic mass is 9.70. The molecular formula is C64H37N3OS. The smallest absolute Gasteiger partial charge is 0.164 e. The zero-order chi connectivity index (χ0) is 45.2. The summed E-state index contributed by atoms with van der Waals surface area (Å²) in [4.78, 5) is 15.6.